The van der Waals surface area contributed by atoms with Crippen molar-refractivity contribution < 1.29 is 33.8 Å². The zero-order valence-electron chi connectivity index (χ0n) is 17.8. The van der Waals surface area contributed by atoms with E-state index in [4.69, 9.17) is 9.15 Å². The molecule has 1 saturated heterocycles. The molecule has 1 aliphatic heterocycles. The van der Waals surface area contributed by atoms with Crippen molar-refractivity contribution in [2.24, 2.45) is 5.92 Å². The number of para-hydroxylation sites is 1. The molecule has 0 aliphatic carbocycles. The van der Waals surface area contributed by atoms with E-state index in [9.17, 15) is 29.4 Å². The van der Waals surface area contributed by atoms with E-state index in [2.05, 4.69) is 10.6 Å². The van der Waals surface area contributed by atoms with Crippen LogP contribution in [0.4, 0.5) is 0 Å². The van der Waals surface area contributed by atoms with Crippen LogP contribution in [0.15, 0.2) is 39.5 Å². The maximum Gasteiger partial charge on any atom is 0.287 e. The monoisotopic (exact) mass is 446 g/mol. The quantitative estimate of drug-likeness (QED) is 0.364. The lowest BCUT2D eigenvalue weighted by Crippen LogP contribution is -2.55. The number of hydrogen-bond acceptors (Lipinski definition) is 8. The Morgan fingerprint density at radius 1 is 1.12 bits per heavy atom. The standard InChI is InChI=1S/C22H26N2O8/c1-12(2)7-14(19(28)22(10-26)11-31-22)23-20(29)15(9-25)24-21(30)18-8-16(27)13-5-3-4-6-17(13)32-18/h3-6,8,12,14-15,25-26H,7,9-11H2,1-2H3,(H,23,29)(H,24,30). The van der Waals surface area contributed by atoms with Crippen molar-refractivity contribution in [3.63, 3.8) is 0 Å². The van der Waals surface area contributed by atoms with Gasteiger partial charge >= 0.3 is 0 Å². The molecule has 3 unspecified atom stereocenters. The summed E-state index contributed by atoms with van der Waals surface area (Å²) in [5.41, 5.74) is -1.54. The molecule has 3 atom stereocenters. The Morgan fingerprint density at radius 3 is 2.41 bits per heavy atom. The van der Waals surface area contributed by atoms with Crippen LogP contribution in [-0.4, -0.2) is 65.3 Å². The van der Waals surface area contributed by atoms with E-state index in [0.29, 0.717) is 5.39 Å². The maximum absolute atomic E-state index is 12.7. The highest BCUT2D eigenvalue weighted by Crippen LogP contribution is 2.30. The van der Waals surface area contributed by atoms with Crippen molar-refractivity contribution in [1.29, 1.82) is 0 Å². The molecule has 0 saturated carbocycles. The number of ketones is 1. The topological polar surface area (TPSA) is 158 Å². The number of carbonyl (C=O) groups excluding carboxylic acids is 3. The van der Waals surface area contributed by atoms with Gasteiger partial charge < -0.3 is 30.0 Å². The fourth-order valence-electron chi connectivity index (χ4n) is 3.33. The molecule has 10 nitrogen and oxygen atoms in total. The highest BCUT2D eigenvalue weighted by atomic mass is 16.6. The molecule has 1 aromatic carbocycles. The summed E-state index contributed by atoms with van der Waals surface area (Å²) in [6, 6.07) is 5.03. The second-order valence-electron chi connectivity index (χ2n) is 8.18. The first-order chi connectivity index (χ1) is 15.2. The smallest absolute Gasteiger partial charge is 0.287 e. The summed E-state index contributed by atoms with van der Waals surface area (Å²) in [7, 11) is 0. The molecule has 172 valence electrons. The third kappa shape index (κ3) is 5.04. The first-order valence-corrected chi connectivity index (χ1v) is 10.2. The molecule has 1 aromatic heterocycles. The summed E-state index contributed by atoms with van der Waals surface area (Å²) in [6.45, 7) is 2.53. The highest BCUT2D eigenvalue weighted by molar-refractivity contribution is 6.00. The van der Waals surface area contributed by atoms with Crippen LogP contribution in [0, 0.1) is 5.92 Å². The van der Waals surface area contributed by atoms with Crippen LogP contribution in [0.2, 0.25) is 0 Å². The van der Waals surface area contributed by atoms with Gasteiger partial charge in [-0.1, -0.05) is 26.0 Å². The fraction of sp³-hybridized carbons (Fsp3) is 0.455. The van der Waals surface area contributed by atoms with Crippen molar-refractivity contribution in [2.75, 3.05) is 19.8 Å². The Morgan fingerprint density at radius 2 is 1.81 bits per heavy atom. The number of Topliss-reactive ketones (excluding diaryl/α,β-unsaturated/α-hetero) is 1. The SMILES string of the molecule is CC(C)CC(NC(=O)C(CO)NC(=O)c1cc(=O)c2ccccc2o1)C(=O)C1(CO)CO1. The first-order valence-electron chi connectivity index (χ1n) is 10.2. The Labute approximate surface area is 183 Å². The number of ether oxygens (including phenoxy) is 1. The molecule has 0 bridgehead atoms. The highest BCUT2D eigenvalue weighted by Gasteiger charge is 2.54. The molecule has 0 radical (unpaired) electrons. The molecule has 4 N–H and O–H groups in total. The van der Waals surface area contributed by atoms with Gasteiger partial charge in [-0.15, -0.1) is 0 Å². The number of aliphatic hydroxyl groups excluding tert-OH is 2. The molecule has 1 aliphatic rings. The zero-order chi connectivity index (χ0) is 23.5. The minimum Gasteiger partial charge on any atom is -0.451 e. The van der Waals surface area contributed by atoms with Gasteiger partial charge in [0.05, 0.1) is 31.2 Å². The Bertz CT molecular complexity index is 1070. The van der Waals surface area contributed by atoms with Crippen LogP contribution in [0.1, 0.15) is 30.8 Å². The van der Waals surface area contributed by atoms with E-state index in [0.717, 1.165) is 6.07 Å². The molecular formula is C22H26N2O8. The van der Waals surface area contributed by atoms with Crippen LogP contribution < -0.4 is 16.1 Å². The number of epoxide rings is 1. The molecule has 3 rings (SSSR count). The van der Waals surface area contributed by atoms with Crippen molar-refractivity contribution >= 4 is 28.6 Å². The lowest BCUT2D eigenvalue weighted by atomic mass is 9.92. The second-order valence-corrected chi connectivity index (χ2v) is 8.18. The van der Waals surface area contributed by atoms with Gasteiger partial charge in [0, 0.05) is 6.07 Å². The number of nitrogens with one attached hydrogen (secondary N) is 2. The van der Waals surface area contributed by atoms with Gasteiger partial charge in [0.15, 0.2) is 22.6 Å². The normalized spacial score (nSPS) is 19.4. The molecule has 2 heterocycles. The summed E-state index contributed by atoms with van der Waals surface area (Å²) in [6.07, 6.45) is 0.279. The number of carbonyl (C=O) groups is 3. The molecule has 32 heavy (non-hydrogen) atoms. The number of amides is 2. The minimum absolute atomic E-state index is 0.0350. The largest absolute Gasteiger partial charge is 0.451 e. The van der Waals surface area contributed by atoms with Crippen molar-refractivity contribution in [3.05, 3.63) is 46.3 Å². The second kappa shape index (κ2) is 9.60. The van der Waals surface area contributed by atoms with Crippen molar-refractivity contribution in [1.82, 2.24) is 10.6 Å². The Kier molecular flexibility index (Phi) is 7.07. The van der Waals surface area contributed by atoms with E-state index >= 15 is 0 Å². The van der Waals surface area contributed by atoms with Crippen LogP contribution >= 0.6 is 0 Å². The van der Waals surface area contributed by atoms with Crippen LogP contribution in [0.5, 0.6) is 0 Å². The Balaban J connectivity index is 1.74. The summed E-state index contributed by atoms with van der Waals surface area (Å²) in [4.78, 5) is 50.2. The molecule has 2 aromatic rings. The molecule has 1 fully saturated rings. The Hall–Kier alpha value is -3.08. The molecule has 2 amide bonds. The maximum atomic E-state index is 12.7. The van der Waals surface area contributed by atoms with Gasteiger partial charge in [-0.3, -0.25) is 19.2 Å². The summed E-state index contributed by atoms with van der Waals surface area (Å²) in [5, 5.41) is 24.3. The average Bonchev–Trinajstić information content (AvgIpc) is 3.57. The number of aliphatic hydroxyl groups is 2. The van der Waals surface area contributed by atoms with E-state index in [1.165, 1.54) is 6.07 Å². The predicted molar refractivity (Wildman–Crippen MR) is 113 cm³/mol. The first kappa shape index (κ1) is 23.6. The summed E-state index contributed by atoms with van der Waals surface area (Å²) < 4.78 is 10.5. The summed E-state index contributed by atoms with van der Waals surface area (Å²) in [5.74, 6) is -2.42. The van der Waals surface area contributed by atoms with Crippen LogP contribution in [0.25, 0.3) is 11.0 Å². The van der Waals surface area contributed by atoms with Crippen LogP contribution in [0.3, 0.4) is 0 Å². The lowest BCUT2D eigenvalue weighted by Gasteiger charge is -2.24. The third-order valence-electron chi connectivity index (χ3n) is 5.20. The number of rotatable bonds is 10. The number of fused-ring (bicyclic) bond motifs is 1. The fourth-order valence-corrected chi connectivity index (χ4v) is 3.33. The average molecular weight is 446 g/mol. The third-order valence-corrected chi connectivity index (χ3v) is 5.20. The van der Waals surface area contributed by atoms with E-state index < -0.39 is 53.9 Å². The van der Waals surface area contributed by atoms with Crippen molar-refractivity contribution in [2.45, 2.75) is 38.0 Å². The minimum atomic E-state index is -1.40. The van der Waals surface area contributed by atoms with Gasteiger partial charge in [-0.25, -0.2) is 0 Å². The predicted octanol–water partition coefficient (Wildman–Crippen LogP) is -0.255. The lowest BCUT2D eigenvalue weighted by molar-refractivity contribution is -0.133. The molecule has 0 spiro atoms. The van der Waals surface area contributed by atoms with Gasteiger partial charge in [-0.05, 0) is 24.5 Å². The number of benzene rings is 1. The van der Waals surface area contributed by atoms with Gasteiger partial charge in [-0.2, -0.15) is 0 Å². The van der Waals surface area contributed by atoms with Gasteiger partial charge in [0.25, 0.3) is 5.91 Å². The number of hydrogen-bond donors (Lipinski definition) is 4. The molecule has 10 heteroatoms. The van der Waals surface area contributed by atoms with E-state index in [1.807, 2.05) is 13.8 Å². The van der Waals surface area contributed by atoms with Crippen molar-refractivity contribution in [3.8, 4) is 0 Å². The van der Waals surface area contributed by atoms with Gasteiger partial charge in [0.2, 0.25) is 5.91 Å². The summed E-state index contributed by atoms with van der Waals surface area (Å²) >= 11 is 0. The van der Waals surface area contributed by atoms with E-state index in [1.54, 1.807) is 18.2 Å². The van der Waals surface area contributed by atoms with E-state index in [-0.39, 0.29) is 30.3 Å². The molecular weight excluding hydrogens is 420 g/mol. The zero-order valence-corrected chi connectivity index (χ0v) is 17.8. The van der Waals surface area contributed by atoms with Crippen LogP contribution in [-0.2, 0) is 14.3 Å². The van der Waals surface area contributed by atoms with Gasteiger partial charge in [0.1, 0.15) is 11.6 Å².